The Labute approximate surface area is 316 Å². The molecule has 0 radical (unpaired) electrons. The number of furan rings is 1. The van der Waals surface area contributed by atoms with Crippen LogP contribution in [0.25, 0.3) is 108 Å². The minimum Gasteiger partial charge on any atom is -0.455 e. The van der Waals surface area contributed by atoms with E-state index in [1.165, 1.54) is 74.6 Å². The zero-order valence-electron chi connectivity index (χ0n) is 29.3. The predicted molar refractivity (Wildman–Crippen MR) is 235 cm³/mol. The van der Waals surface area contributed by atoms with Gasteiger partial charge in [0.1, 0.15) is 5.58 Å². The first-order valence-electron chi connectivity index (χ1n) is 18.4. The minimum atomic E-state index is 0.911. The average Bonchev–Trinajstić information content (AvgIpc) is 3.82. The second-order valence-corrected chi connectivity index (χ2v) is 15.1. The van der Waals surface area contributed by atoms with Gasteiger partial charge < -0.3 is 4.42 Å². The molecule has 2 aromatic heterocycles. The Hall–Kier alpha value is -6.74. The molecule has 11 aromatic rings. The first-order valence-corrected chi connectivity index (χ1v) is 19.2. The van der Waals surface area contributed by atoms with Crippen molar-refractivity contribution in [2.24, 2.45) is 0 Å². The van der Waals surface area contributed by atoms with E-state index in [4.69, 9.17) is 4.42 Å². The van der Waals surface area contributed by atoms with Crippen LogP contribution in [0.4, 0.5) is 0 Å². The van der Waals surface area contributed by atoms with Crippen LogP contribution in [0, 0.1) is 0 Å². The van der Waals surface area contributed by atoms with Crippen molar-refractivity contribution in [1.29, 1.82) is 0 Å². The number of hydrogen-bond donors (Lipinski definition) is 0. The lowest BCUT2D eigenvalue weighted by atomic mass is 9.86. The van der Waals surface area contributed by atoms with E-state index >= 15 is 0 Å². The molecule has 0 saturated heterocycles. The minimum absolute atomic E-state index is 0.911. The van der Waals surface area contributed by atoms with Gasteiger partial charge in [0, 0.05) is 26.2 Å². The van der Waals surface area contributed by atoms with E-state index in [-0.39, 0.29) is 0 Å². The monoisotopic (exact) mass is 704 g/mol. The molecule has 0 amide bonds. The number of allylic oxidation sites excluding steroid dienone is 2. The van der Waals surface area contributed by atoms with Gasteiger partial charge in [-0.2, -0.15) is 0 Å². The Kier molecular flexibility index (Phi) is 6.95. The fourth-order valence-electron chi connectivity index (χ4n) is 8.59. The largest absolute Gasteiger partial charge is 0.455 e. The molecule has 0 fully saturated rings. The van der Waals surface area contributed by atoms with Crippen LogP contribution in [0.2, 0.25) is 0 Å². The van der Waals surface area contributed by atoms with Crippen molar-refractivity contribution in [3.05, 3.63) is 194 Å². The Morgan fingerprint density at radius 3 is 1.81 bits per heavy atom. The highest BCUT2D eigenvalue weighted by Gasteiger charge is 2.20. The van der Waals surface area contributed by atoms with Gasteiger partial charge in [-0.15, -0.1) is 11.3 Å². The molecule has 2 heteroatoms. The number of rotatable bonds is 5. The van der Waals surface area contributed by atoms with E-state index in [2.05, 4.69) is 189 Å². The van der Waals surface area contributed by atoms with Crippen LogP contribution in [-0.4, -0.2) is 0 Å². The third kappa shape index (κ3) is 4.71. The first kappa shape index (κ1) is 30.8. The van der Waals surface area contributed by atoms with Crippen LogP contribution in [0.3, 0.4) is 0 Å². The fourth-order valence-corrected chi connectivity index (χ4v) is 9.79. The molecule has 54 heavy (non-hydrogen) atoms. The van der Waals surface area contributed by atoms with Gasteiger partial charge in [0.2, 0.25) is 0 Å². The highest BCUT2D eigenvalue weighted by molar-refractivity contribution is 7.26. The van der Waals surface area contributed by atoms with Crippen molar-refractivity contribution < 1.29 is 4.42 Å². The van der Waals surface area contributed by atoms with Gasteiger partial charge >= 0.3 is 0 Å². The normalized spacial score (nSPS) is 12.1. The summed E-state index contributed by atoms with van der Waals surface area (Å²) >= 11 is 1.82. The van der Waals surface area contributed by atoms with E-state index in [9.17, 15) is 0 Å². The van der Waals surface area contributed by atoms with Crippen LogP contribution in [-0.2, 0) is 0 Å². The standard InChI is InChI=1S/C52H32OS/c1-32(47-37-18-5-7-20-39(37)48(34-15-3-2-4-16-34)40-21-8-6-19-38(40)47)26-27-33-14-13-17-35(30-33)36-28-29-45-44(31-36)49-41-22-9-10-23-42(41)50-43-24-11-12-25-46(43)54-52(50)51(49)53-45/h2-31H,1H2/b27-26-. The van der Waals surface area contributed by atoms with Gasteiger partial charge in [-0.25, -0.2) is 0 Å². The number of hydrogen-bond acceptors (Lipinski definition) is 2. The summed E-state index contributed by atoms with van der Waals surface area (Å²) in [5, 5.41) is 12.3. The fraction of sp³-hybridized carbons (Fsp3) is 0. The predicted octanol–water partition coefficient (Wildman–Crippen LogP) is 15.5. The van der Waals surface area contributed by atoms with Gasteiger partial charge in [-0.1, -0.05) is 164 Å². The molecule has 1 nitrogen and oxygen atoms in total. The molecular weight excluding hydrogens is 673 g/mol. The molecule has 252 valence electrons. The molecule has 9 aromatic carbocycles. The SMILES string of the molecule is C=C(/C=C\c1cccc(-c2ccc3oc4c5sc6ccccc6c5c5ccccc5c4c3c2)c1)c1c2ccccc2c(-c2ccccc2)c2ccccc12. The summed E-state index contributed by atoms with van der Waals surface area (Å²) in [6, 6.07) is 61.0. The molecule has 11 rings (SSSR count). The van der Waals surface area contributed by atoms with Crippen molar-refractivity contribution in [1.82, 2.24) is 0 Å². The maximum atomic E-state index is 6.71. The summed E-state index contributed by atoms with van der Waals surface area (Å²) in [6.45, 7) is 4.64. The first-order chi connectivity index (χ1) is 26.7. The topological polar surface area (TPSA) is 13.1 Å². The molecule has 2 heterocycles. The van der Waals surface area contributed by atoms with Crippen molar-refractivity contribution in [2.75, 3.05) is 0 Å². The van der Waals surface area contributed by atoms with Crippen LogP contribution in [0.5, 0.6) is 0 Å². The average molecular weight is 705 g/mol. The van der Waals surface area contributed by atoms with Crippen LogP contribution < -0.4 is 0 Å². The Morgan fingerprint density at radius 1 is 0.481 bits per heavy atom. The lowest BCUT2D eigenvalue weighted by Gasteiger charge is -2.17. The lowest BCUT2D eigenvalue weighted by molar-refractivity contribution is 0.673. The summed E-state index contributed by atoms with van der Waals surface area (Å²) < 4.78 is 9.20. The molecule has 0 aliphatic carbocycles. The molecule has 0 saturated carbocycles. The quantitative estimate of drug-likeness (QED) is 0.128. The maximum Gasteiger partial charge on any atom is 0.153 e. The summed E-state index contributed by atoms with van der Waals surface area (Å²) in [4.78, 5) is 0. The summed E-state index contributed by atoms with van der Waals surface area (Å²) in [5.74, 6) is 0. The smallest absolute Gasteiger partial charge is 0.153 e. The number of thiophene rings is 1. The zero-order chi connectivity index (χ0) is 35.8. The summed E-state index contributed by atoms with van der Waals surface area (Å²) in [6.07, 6.45) is 4.36. The number of benzene rings is 9. The second-order valence-electron chi connectivity index (χ2n) is 14.1. The van der Waals surface area contributed by atoms with Gasteiger partial charge in [0.25, 0.3) is 0 Å². The van der Waals surface area contributed by atoms with Gasteiger partial charge in [0.05, 0.1) is 4.70 Å². The summed E-state index contributed by atoms with van der Waals surface area (Å²) in [5.41, 5.74) is 9.97. The summed E-state index contributed by atoms with van der Waals surface area (Å²) in [7, 11) is 0. The Balaban J connectivity index is 1.01. The third-order valence-electron chi connectivity index (χ3n) is 11.0. The van der Waals surface area contributed by atoms with E-state index in [0.29, 0.717) is 0 Å². The van der Waals surface area contributed by atoms with Crippen LogP contribution in [0.15, 0.2) is 187 Å². The Bertz CT molecular complexity index is 3280. The van der Waals surface area contributed by atoms with E-state index in [1.54, 1.807) is 0 Å². The zero-order valence-corrected chi connectivity index (χ0v) is 30.2. The van der Waals surface area contributed by atoms with Crippen molar-refractivity contribution in [3.63, 3.8) is 0 Å². The number of fused-ring (bicyclic) bond motifs is 12. The van der Waals surface area contributed by atoms with E-state index in [1.807, 2.05) is 11.3 Å². The van der Waals surface area contributed by atoms with Gasteiger partial charge in [-0.3, -0.25) is 0 Å². The van der Waals surface area contributed by atoms with E-state index < -0.39 is 0 Å². The molecule has 0 unspecified atom stereocenters. The molecular formula is C52H32OS. The molecule has 0 atom stereocenters. The van der Waals surface area contributed by atoms with E-state index in [0.717, 1.165) is 38.8 Å². The molecule has 0 aliphatic heterocycles. The highest BCUT2D eigenvalue weighted by atomic mass is 32.1. The van der Waals surface area contributed by atoms with Crippen LogP contribution >= 0.6 is 11.3 Å². The van der Waals surface area contributed by atoms with Gasteiger partial charge in [-0.05, 0) is 95.5 Å². The van der Waals surface area contributed by atoms with Crippen molar-refractivity contribution in [2.45, 2.75) is 0 Å². The maximum absolute atomic E-state index is 6.71. The molecule has 0 N–H and O–H groups in total. The molecule has 0 spiro atoms. The molecule has 0 aliphatic rings. The molecule has 0 bridgehead atoms. The van der Waals surface area contributed by atoms with Crippen LogP contribution in [0.1, 0.15) is 11.1 Å². The third-order valence-corrected chi connectivity index (χ3v) is 12.1. The van der Waals surface area contributed by atoms with Crippen molar-refractivity contribution >= 4 is 97.4 Å². The Morgan fingerprint density at radius 2 is 1.07 bits per heavy atom. The highest BCUT2D eigenvalue weighted by Crippen LogP contribution is 2.47. The van der Waals surface area contributed by atoms with Gasteiger partial charge in [0.15, 0.2) is 5.58 Å². The van der Waals surface area contributed by atoms with Crippen molar-refractivity contribution in [3.8, 4) is 22.3 Å². The second kappa shape index (κ2) is 12.2. The lowest BCUT2D eigenvalue weighted by Crippen LogP contribution is -1.92.